The van der Waals surface area contributed by atoms with Crippen molar-refractivity contribution in [1.82, 2.24) is 9.88 Å². The van der Waals surface area contributed by atoms with E-state index in [2.05, 4.69) is 16.0 Å². The fourth-order valence-electron chi connectivity index (χ4n) is 3.42. The summed E-state index contributed by atoms with van der Waals surface area (Å²) in [6.07, 6.45) is 10.0. The summed E-state index contributed by atoms with van der Waals surface area (Å²) >= 11 is 0. The minimum atomic E-state index is 0.0210. The zero-order valence-electron chi connectivity index (χ0n) is 12.4. The van der Waals surface area contributed by atoms with Crippen LogP contribution in [0.4, 0.5) is 0 Å². The number of aliphatic hydroxyl groups excluding tert-OH is 1. The largest absolute Gasteiger partial charge is 0.395 e. The molecule has 2 atom stereocenters. The van der Waals surface area contributed by atoms with E-state index >= 15 is 0 Å². The molecule has 1 aromatic heterocycles. The molecule has 3 N–H and O–H groups in total. The lowest BCUT2D eigenvalue weighted by atomic mass is 9.90. The first-order valence-electron chi connectivity index (χ1n) is 7.76. The molecule has 0 saturated heterocycles. The van der Waals surface area contributed by atoms with Crippen molar-refractivity contribution in [3.8, 4) is 0 Å². The average Bonchev–Trinajstić information content (AvgIpc) is 2.48. The van der Waals surface area contributed by atoms with Crippen LogP contribution in [0.1, 0.15) is 50.6 Å². The molecule has 0 radical (unpaired) electrons. The maximum Gasteiger partial charge on any atom is 0.0558 e. The molecule has 0 spiro atoms. The van der Waals surface area contributed by atoms with Gasteiger partial charge in [-0.3, -0.25) is 9.88 Å². The van der Waals surface area contributed by atoms with Gasteiger partial charge in [-0.2, -0.15) is 0 Å². The van der Waals surface area contributed by atoms with Crippen molar-refractivity contribution in [2.45, 2.75) is 57.2 Å². The summed E-state index contributed by atoms with van der Waals surface area (Å²) in [5, 5.41) is 9.45. The maximum absolute atomic E-state index is 9.45. The number of nitrogens with zero attached hydrogens (tertiary/aromatic N) is 2. The number of aromatic nitrogens is 1. The third-order valence-electron chi connectivity index (χ3n) is 4.28. The highest BCUT2D eigenvalue weighted by Crippen LogP contribution is 2.31. The number of hydrogen-bond donors (Lipinski definition) is 2. The first-order valence-corrected chi connectivity index (χ1v) is 7.76. The zero-order chi connectivity index (χ0) is 14.4. The molecule has 0 bridgehead atoms. The fourth-order valence-corrected chi connectivity index (χ4v) is 3.42. The van der Waals surface area contributed by atoms with Gasteiger partial charge in [0.25, 0.3) is 0 Å². The second kappa shape index (κ2) is 7.72. The molecule has 1 heterocycles. The molecule has 1 saturated carbocycles. The van der Waals surface area contributed by atoms with Crippen molar-refractivity contribution >= 4 is 0 Å². The van der Waals surface area contributed by atoms with E-state index in [1.807, 2.05) is 19.2 Å². The molecular weight excluding hydrogens is 250 g/mol. The highest BCUT2D eigenvalue weighted by molar-refractivity contribution is 5.16. The average molecular weight is 277 g/mol. The van der Waals surface area contributed by atoms with Gasteiger partial charge in [0.15, 0.2) is 0 Å². The van der Waals surface area contributed by atoms with Crippen LogP contribution < -0.4 is 5.73 Å². The minimum Gasteiger partial charge on any atom is -0.395 e. The van der Waals surface area contributed by atoms with E-state index in [0.717, 1.165) is 5.56 Å². The van der Waals surface area contributed by atoms with Crippen molar-refractivity contribution < 1.29 is 5.11 Å². The van der Waals surface area contributed by atoms with Gasteiger partial charge in [-0.25, -0.2) is 0 Å². The summed E-state index contributed by atoms with van der Waals surface area (Å²) in [4.78, 5) is 6.63. The van der Waals surface area contributed by atoms with E-state index < -0.39 is 0 Å². The van der Waals surface area contributed by atoms with Crippen LogP contribution in [-0.4, -0.2) is 40.2 Å². The second-order valence-corrected chi connectivity index (χ2v) is 5.84. The van der Waals surface area contributed by atoms with Crippen LogP contribution in [0.15, 0.2) is 24.5 Å². The monoisotopic (exact) mass is 277 g/mol. The molecule has 0 aliphatic heterocycles. The predicted octanol–water partition coefficient (Wildman–Crippen LogP) is 2.10. The van der Waals surface area contributed by atoms with Crippen molar-refractivity contribution in [3.63, 3.8) is 0 Å². The summed E-state index contributed by atoms with van der Waals surface area (Å²) < 4.78 is 0. The Morgan fingerprint density at radius 1 is 1.40 bits per heavy atom. The molecule has 4 nitrogen and oxygen atoms in total. The van der Waals surface area contributed by atoms with E-state index in [1.54, 1.807) is 6.20 Å². The Kier molecular flexibility index (Phi) is 5.95. The highest BCUT2D eigenvalue weighted by Gasteiger charge is 2.30. The van der Waals surface area contributed by atoms with Gasteiger partial charge in [-0.15, -0.1) is 0 Å². The third kappa shape index (κ3) is 3.78. The summed E-state index contributed by atoms with van der Waals surface area (Å²) in [6, 6.07) is 4.75. The Labute approximate surface area is 122 Å². The van der Waals surface area contributed by atoms with Gasteiger partial charge >= 0.3 is 0 Å². The van der Waals surface area contributed by atoms with Gasteiger partial charge in [-0.05, 0) is 31.4 Å². The fraction of sp³-hybridized carbons (Fsp3) is 0.688. The number of pyridine rings is 1. The van der Waals surface area contributed by atoms with Crippen LogP contribution in [0.25, 0.3) is 0 Å². The normalized spacial score (nSPS) is 20.0. The smallest absolute Gasteiger partial charge is 0.0558 e. The van der Waals surface area contributed by atoms with Gasteiger partial charge in [0.05, 0.1) is 12.6 Å². The Morgan fingerprint density at radius 2 is 2.15 bits per heavy atom. The molecule has 1 aliphatic carbocycles. The lowest BCUT2D eigenvalue weighted by Gasteiger charge is -2.41. The number of nitrogens with two attached hydrogens (primary N) is 1. The van der Waals surface area contributed by atoms with Gasteiger partial charge in [0.2, 0.25) is 0 Å². The summed E-state index contributed by atoms with van der Waals surface area (Å²) in [6.45, 7) is 2.91. The summed E-state index contributed by atoms with van der Waals surface area (Å²) in [5.74, 6) is 0. The minimum absolute atomic E-state index is 0.0210. The van der Waals surface area contributed by atoms with Crippen LogP contribution in [-0.2, 0) is 0 Å². The molecule has 1 aromatic rings. The SMILES string of the molecule is CC(N)C(c1cccnc1)N(CCO)C1CCCCC1. The molecule has 2 rings (SSSR count). The van der Waals surface area contributed by atoms with Crippen molar-refractivity contribution in [1.29, 1.82) is 0 Å². The Hall–Kier alpha value is -0.970. The second-order valence-electron chi connectivity index (χ2n) is 5.84. The van der Waals surface area contributed by atoms with Gasteiger partial charge < -0.3 is 10.8 Å². The van der Waals surface area contributed by atoms with Crippen LogP contribution in [0.2, 0.25) is 0 Å². The molecule has 0 aromatic carbocycles. The molecule has 1 fully saturated rings. The predicted molar refractivity (Wildman–Crippen MR) is 81.3 cm³/mol. The quantitative estimate of drug-likeness (QED) is 0.836. The summed E-state index contributed by atoms with van der Waals surface area (Å²) in [5.41, 5.74) is 7.41. The van der Waals surface area contributed by atoms with Gasteiger partial charge in [0.1, 0.15) is 0 Å². The molecule has 1 aliphatic rings. The molecular formula is C16H27N3O. The van der Waals surface area contributed by atoms with Crippen molar-refractivity contribution in [3.05, 3.63) is 30.1 Å². The Balaban J connectivity index is 2.22. The maximum atomic E-state index is 9.45. The Morgan fingerprint density at radius 3 is 2.70 bits per heavy atom. The molecule has 112 valence electrons. The van der Waals surface area contributed by atoms with Crippen LogP contribution in [0, 0.1) is 0 Å². The molecule has 20 heavy (non-hydrogen) atoms. The first kappa shape index (κ1) is 15.4. The van der Waals surface area contributed by atoms with Crippen molar-refractivity contribution in [2.24, 2.45) is 5.73 Å². The van der Waals surface area contributed by atoms with E-state index in [9.17, 15) is 5.11 Å². The van der Waals surface area contributed by atoms with Gasteiger partial charge in [0, 0.05) is 31.0 Å². The standard InChI is InChI=1S/C16H27N3O/c1-13(17)16(14-6-5-9-18-12-14)19(10-11-20)15-7-3-2-4-8-15/h5-6,9,12-13,15-16,20H,2-4,7-8,10-11,17H2,1H3. The van der Waals surface area contributed by atoms with E-state index in [4.69, 9.17) is 5.73 Å². The molecule has 2 unspecified atom stereocenters. The number of rotatable bonds is 6. The first-order chi connectivity index (χ1) is 9.74. The zero-order valence-corrected chi connectivity index (χ0v) is 12.4. The molecule has 4 heteroatoms. The highest BCUT2D eigenvalue weighted by atomic mass is 16.3. The third-order valence-corrected chi connectivity index (χ3v) is 4.28. The van der Waals surface area contributed by atoms with Gasteiger partial charge in [-0.1, -0.05) is 25.3 Å². The lowest BCUT2D eigenvalue weighted by Crippen LogP contribution is -2.47. The van der Waals surface area contributed by atoms with Crippen molar-refractivity contribution in [2.75, 3.05) is 13.2 Å². The van der Waals surface area contributed by atoms with Crippen LogP contribution in [0.5, 0.6) is 0 Å². The van der Waals surface area contributed by atoms with Crippen LogP contribution in [0.3, 0.4) is 0 Å². The van der Waals surface area contributed by atoms with E-state index in [1.165, 1.54) is 32.1 Å². The lowest BCUT2D eigenvalue weighted by molar-refractivity contribution is 0.0698. The summed E-state index contributed by atoms with van der Waals surface area (Å²) in [7, 11) is 0. The van der Waals surface area contributed by atoms with E-state index in [-0.39, 0.29) is 18.7 Å². The molecule has 0 amide bonds. The number of hydrogen-bond acceptors (Lipinski definition) is 4. The Bertz CT molecular complexity index is 377. The number of aliphatic hydroxyl groups is 1. The van der Waals surface area contributed by atoms with E-state index in [0.29, 0.717) is 12.6 Å². The topological polar surface area (TPSA) is 62.4 Å². The van der Waals surface area contributed by atoms with Crippen LogP contribution >= 0.6 is 0 Å².